The molecule has 1 atom stereocenters. The van der Waals surface area contributed by atoms with Crippen LogP contribution in [0.2, 0.25) is 0 Å². The highest BCUT2D eigenvalue weighted by molar-refractivity contribution is 5.77. The quantitative estimate of drug-likeness (QED) is 0.853. The molecule has 0 spiro atoms. The minimum absolute atomic E-state index is 0.0593. The molecular formula is C15H21NO3. The van der Waals surface area contributed by atoms with Gasteiger partial charge >= 0.3 is 0 Å². The van der Waals surface area contributed by atoms with E-state index in [9.17, 15) is 4.79 Å². The van der Waals surface area contributed by atoms with Crippen LogP contribution in [0.3, 0.4) is 0 Å². The highest BCUT2D eigenvalue weighted by Crippen LogP contribution is 2.18. The van der Waals surface area contributed by atoms with Gasteiger partial charge in [0.15, 0.2) is 6.61 Å². The molecule has 0 saturated carbocycles. The summed E-state index contributed by atoms with van der Waals surface area (Å²) >= 11 is 0. The summed E-state index contributed by atoms with van der Waals surface area (Å²) < 4.78 is 11.0. The summed E-state index contributed by atoms with van der Waals surface area (Å²) in [6, 6.07) is 7.80. The Labute approximate surface area is 114 Å². The second kappa shape index (κ2) is 7.14. The van der Waals surface area contributed by atoms with Crippen LogP contribution in [0.1, 0.15) is 25.3 Å². The zero-order chi connectivity index (χ0) is 13.5. The first-order valence-electron chi connectivity index (χ1n) is 6.88. The lowest BCUT2D eigenvalue weighted by molar-refractivity contribution is -0.123. The van der Waals surface area contributed by atoms with E-state index in [4.69, 9.17) is 9.47 Å². The summed E-state index contributed by atoms with van der Waals surface area (Å²) in [5.41, 5.74) is 1.12. The van der Waals surface area contributed by atoms with Crippen LogP contribution < -0.4 is 10.1 Å². The van der Waals surface area contributed by atoms with Crippen molar-refractivity contribution in [2.75, 3.05) is 19.8 Å². The molecule has 0 radical (unpaired) electrons. The fourth-order valence-corrected chi connectivity index (χ4v) is 2.16. The molecule has 1 aromatic carbocycles. The van der Waals surface area contributed by atoms with Gasteiger partial charge in [-0.25, -0.2) is 0 Å². The number of benzene rings is 1. The smallest absolute Gasteiger partial charge is 0.258 e. The molecule has 1 aliphatic heterocycles. The predicted molar refractivity (Wildman–Crippen MR) is 73.3 cm³/mol. The van der Waals surface area contributed by atoms with Crippen molar-refractivity contribution in [3.63, 3.8) is 0 Å². The monoisotopic (exact) mass is 263 g/mol. The minimum Gasteiger partial charge on any atom is -0.483 e. The van der Waals surface area contributed by atoms with Crippen LogP contribution in [0.25, 0.3) is 0 Å². The zero-order valence-corrected chi connectivity index (χ0v) is 11.4. The standard InChI is InChI=1S/C15H21NO3/c1-2-12-6-3-4-8-14(12)19-11-15(17)16-10-13-7-5-9-18-13/h3-4,6,8,13H,2,5,7,9-11H2,1H3,(H,16,17). The molecule has 1 heterocycles. The van der Waals surface area contributed by atoms with Crippen molar-refractivity contribution in [1.29, 1.82) is 0 Å². The second-order valence-electron chi connectivity index (χ2n) is 4.69. The molecule has 1 saturated heterocycles. The van der Waals surface area contributed by atoms with Crippen molar-refractivity contribution in [3.8, 4) is 5.75 Å². The van der Waals surface area contributed by atoms with Gasteiger partial charge in [-0.3, -0.25) is 4.79 Å². The molecular weight excluding hydrogens is 242 g/mol. The van der Waals surface area contributed by atoms with Crippen molar-refractivity contribution in [3.05, 3.63) is 29.8 Å². The van der Waals surface area contributed by atoms with E-state index in [0.717, 1.165) is 37.2 Å². The first-order valence-corrected chi connectivity index (χ1v) is 6.88. The maximum atomic E-state index is 11.7. The van der Waals surface area contributed by atoms with Crippen molar-refractivity contribution in [1.82, 2.24) is 5.32 Å². The Balaban J connectivity index is 1.73. The summed E-state index contributed by atoms with van der Waals surface area (Å²) in [5.74, 6) is 0.693. The zero-order valence-electron chi connectivity index (χ0n) is 11.4. The number of amides is 1. The van der Waals surface area contributed by atoms with Crippen LogP contribution in [0, 0.1) is 0 Å². The van der Waals surface area contributed by atoms with E-state index in [0.29, 0.717) is 6.54 Å². The molecule has 4 nitrogen and oxygen atoms in total. The number of para-hydroxylation sites is 1. The lowest BCUT2D eigenvalue weighted by Gasteiger charge is -2.12. The van der Waals surface area contributed by atoms with Crippen LogP contribution >= 0.6 is 0 Å². The molecule has 1 aliphatic rings. The van der Waals surface area contributed by atoms with Crippen molar-refractivity contribution in [2.24, 2.45) is 0 Å². The number of aryl methyl sites for hydroxylation is 1. The van der Waals surface area contributed by atoms with Gasteiger partial charge in [0.25, 0.3) is 5.91 Å². The summed E-state index contributed by atoms with van der Waals surface area (Å²) in [6.07, 6.45) is 3.18. The van der Waals surface area contributed by atoms with E-state index in [1.54, 1.807) is 0 Å². The molecule has 0 aromatic heterocycles. The lowest BCUT2D eigenvalue weighted by Crippen LogP contribution is -2.35. The molecule has 2 rings (SSSR count). The molecule has 19 heavy (non-hydrogen) atoms. The maximum Gasteiger partial charge on any atom is 0.258 e. The Morgan fingerprint density at radius 1 is 1.47 bits per heavy atom. The van der Waals surface area contributed by atoms with E-state index in [-0.39, 0.29) is 18.6 Å². The van der Waals surface area contributed by atoms with Crippen molar-refractivity contribution < 1.29 is 14.3 Å². The predicted octanol–water partition coefficient (Wildman–Crippen LogP) is 1.92. The third-order valence-corrected chi connectivity index (χ3v) is 3.26. The Hall–Kier alpha value is -1.55. The fourth-order valence-electron chi connectivity index (χ4n) is 2.16. The lowest BCUT2D eigenvalue weighted by atomic mass is 10.1. The minimum atomic E-state index is -0.0959. The normalized spacial score (nSPS) is 18.3. The Bertz CT molecular complexity index is 414. The van der Waals surface area contributed by atoms with E-state index >= 15 is 0 Å². The number of carbonyl (C=O) groups excluding carboxylic acids is 1. The number of hydrogen-bond donors (Lipinski definition) is 1. The van der Waals surface area contributed by atoms with Gasteiger partial charge in [0, 0.05) is 13.2 Å². The number of ether oxygens (including phenoxy) is 2. The number of nitrogens with one attached hydrogen (secondary N) is 1. The third-order valence-electron chi connectivity index (χ3n) is 3.26. The van der Waals surface area contributed by atoms with Gasteiger partial charge in [-0.1, -0.05) is 25.1 Å². The molecule has 104 valence electrons. The van der Waals surface area contributed by atoms with Gasteiger partial charge in [0.2, 0.25) is 0 Å². The average molecular weight is 263 g/mol. The van der Waals surface area contributed by atoms with Gasteiger partial charge in [0.1, 0.15) is 5.75 Å². The molecule has 0 aliphatic carbocycles. The van der Waals surface area contributed by atoms with E-state index in [1.807, 2.05) is 24.3 Å². The number of rotatable bonds is 6. The van der Waals surface area contributed by atoms with Gasteiger partial charge in [-0.15, -0.1) is 0 Å². The van der Waals surface area contributed by atoms with Gasteiger partial charge in [0.05, 0.1) is 6.10 Å². The van der Waals surface area contributed by atoms with E-state index in [2.05, 4.69) is 12.2 Å². The highest BCUT2D eigenvalue weighted by atomic mass is 16.5. The Kier molecular flexibility index (Phi) is 5.21. The largest absolute Gasteiger partial charge is 0.483 e. The van der Waals surface area contributed by atoms with Crippen LogP contribution in [0.15, 0.2) is 24.3 Å². The van der Waals surface area contributed by atoms with Crippen LogP contribution in [-0.4, -0.2) is 31.8 Å². The number of carbonyl (C=O) groups is 1. The SMILES string of the molecule is CCc1ccccc1OCC(=O)NCC1CCCO1. The summed E-state index contributed by atoms with van der Waals surface area (Å²) in [4.78, 5) is 11.7. The van der Waals surface area contributed by atoms with Gasteiger partial charge < -0.3 is 14.8 Å². The average Bonchev–Trinajstić information content (AvgIpc) is 2.96. The van der Waals surface area contributed by atoms with E-state index < -0.39 is 0 Å². The Morgan fingerprint density at radius 3 is 3.05 bits per heavy atom. The van der Waals surface area contributed by atoms with Crippen LogP contribution in [0.4, 0.5) is 0 Å². The van der Waals surface area contributed by atoms with Gasteiger partial charge in [-0.2, -0.15) is 0 Å². The maximum absolute atomic E-state index is 11.7. The topological polar surface area (TPSA) is 47.6 Å². The number of hydrogen-bond acceptors (Lipinski definition) is 3. The fraction of sp³-hybridized carbons (Fsp3) is 0.533. The first kappa shape index (κ1) is 13.9. The molecule has 1 unspecified atom stereocenters. The Morgan fingerprint density at radius 2 is 2.32 bits per heavy atom. The summed E-state index contributed by atoms with van der Waals surface area (Å²) in [5, 5.41) is 2.84. The molecule has 0 bridgehead atoms. The summed E-state index contributed by atoms with van der Waals surface area (Å²) in [6.45, 7) is 3.52. The molecule has 1 aromatic rings. The first-order chi connectivity index (χ1) is 9.29. The van der Waals surface area contributed by atoms with Crippen LogP contribution in [-0.2, 0) is 16.0 Å². The molecule has 1 fully saturated rings. The summed E-state index contributed by atoms with van der Waals surface area (Å²) in [7, 11) is 0. The third kappa shape index (κ3) is 4.24. The van der Waals surface area contributed by atoms with Crippen LogP contribution in [0.5, 0.6) is 5.75 Å². The van der Waals surface area contributed by atoms with Crippen molar-refractivity contribution >= 4 is 5.91 Å². The van der Waals surface area contributed by atoms with E-state index in [1.165, 1.54) is 0 Å². The molecule has 1 amide bonds. The molecule has 4 heteroatoms. The van der Waals surface area contributed by atoms with Gasteiger partial charge in [-0.05, 0) is 30.9 Å². The van der Waals surface area contributed by atoms with Crippen molar-refractivity contribution in [2.45, 2.75) is 32.3 Å². The molecule has 1 N–H and O–H groups in total. The highest BCUT2D eigenvalue weighted by Gasteiger charge is 2.16. The second-order valence-corrected chi connectivity index (χ2v) is 4.69.